The van der Waals surface area contributed by atoms with Gasteiger partial charge in [0.05, 0.1) is 27.4 Å². The van der Waals surface area contributed by atoms with Crippen LogP contribution in [0.5, 0.6) is 0 Å². The number of rotatable bonds is 5. The zero-order chi connectivity index (χ0) is 19.0. The summed E-state index contributed by atoms with van der Waals surface area (Å²) in [6.45, 7) is 1.95. The second-order valence-corrected chi connectivity index (χ2v) is 7.98. The van der Waals surface area contributed by atoms with Gasteiger partial charge in [-0.3, -0.25) is 9.78 Å². The van der Waals surface area contributed by atoms with Gasteiger partial charge in [0.15, 0.2) is 5.69 Å². The summed E-state index contributed by atoms with van der Waals surface area (Å²) in [5.41, 5.74) is 1.95. The molecule has 3 heterocycles. The third-order valence-corrected chi connectivity index (χ3v) is 5.66. The molecule has 0 saturated heterocycles. The van der Waals surface area contributed by atoms with E-state index in [0.717, 1.165) is 10.3 Å². The summed E-state index contributed by atoms with van der Waals surface area (Å²) in [7, 11) is 0. The van der Waals surface area contributed by atoms with Crippen molar-refractivity contribution in [2.75, 3.05) is 5.32 Å². The lowest BCUT2D eigenvalue weighted by Crippen LogP contribution is -2.47. The molecule has 1 atom stereocenters. The SMILES string of the molecule is CC(Nc1nc(C(=O)N[C@H]2C[C@@H](O)C2)c2sccc2n1)c1cncc(Cl)c1. The predicted octanol–water partition coefficient (Wildman–Crippen LogP) is 3.17. The van der Waals surface area contributed by atoms with Crippen LogP contribution in [-0.2, 0) is 0 Å². The summed E-state index contributed by atoms with van der Waals surface area (Å²) in [4.78, 5) is 25.7. The highest BCUT2D eigenvalue weighted by atomic mass is 35.5. The van der Waals surface area contributed by atoms with Crippen molar-refractivity contribution in [2.45, 2.75) is 38.0 Å². The molecule has 3 aromatic rings. The normalized spacial score (nSPS) is 20.1. The minimum absolute atomic E-state index is 0.00894. The maximum atomic E-state index is 12.7. The number of fused-ring (bicyclic) bond motifs is 1. The Labute approximate surface area is 164 Å². The molecule has 0 aromatic carbocycles. The van der Waals surface area contributed by atoms with Gasteiger partial charge in [-0.25, -0.2) is 9.97 Å². The van der Waals surface area contributed by atoms with Gasteiger partial charge in [0.1, 0.15) is 0 Å². The number of carbonyl (C=O) groups excluding carboxylic acids is 1. The molecule has 7 nitrogen and oxygen atoms in total. The number of anilines is 1. The van der Waals surface area contributed by atoms with E-state index < -0.39 is 0 Å². The Morgan fingerprint density at radius 3 is 2.93 bits per heavy atom. The topological polar surface area (TPSA) is 100 Å². The number of aliphatic hydroxyl groups excluding tert-OH is 1. The fourth-order valence-corrected chi connectivity index (χ4v) is 3.98. The number of aromatic nitrogens is 3. The van der Waals surface area contributed by atoms with Crippen LogP contribution >= 0.6 is 22.9 Å². The molecule has 3 aromatic heterocycles. The van der Waals surface area contributed by atoms with E-state index in [4.69, 9.17) is 11.6 Å². The second kappa shape index (κ2) is 7.38. The summed E-state index contributed by atoms with van der Waals surface area (Å²) < 4.78 is 0.745. The molecule has 1 fully saturated rings. The molecule has 9 heteroatoms. The average Bonchev–Trinajstić information content (AvgIpc) is 3.08. The van der Waals surface area contributed by atoms with E-state index in [1.54, 1.807) is 12.4 Å². The molecular formula is C18H18ClN5O2S. The Kier molecular flexibility index (Phi) is 4.94. The number of thiophene rings is 1. The van der Waals surface area contributed by atoms with Crippen LogP contribution in [0.3, 0.4) is 0 Å². The zero-order valence-corrected chi connectivity index (χ0v) is 16.1. The fraction of sp³-hybridized carbons (Fsp3) is 0.333. The van der Waals surface area contributed by atoms with E-state index in [1.165, 1.54) is 11.3 Å². The monoisotopic (exact) mass is 403 g/mol. The van der Waals surface area contributed by atoms with Crippen molar-refractivity contribution < 1.29 is 9.90 Å². The standard InChI is InChI=1S/C18H18ClN5O2S/c1-9(10-4-11(19)8-20-7-10)21-18-23-14-2-3-27-16(14)15(24-18)17(26)22-12-5-13(25)6-12/h2-4,7-9,12-13,25H,5-6H2,1H3,(H,22,26)(H,21,23,24)/t9?,12-,13+. The molecule has 0 spiro atoms. The Morgan fingerprint density at radius 1 is 1.37 bits per heavy atom. The molecule has 0 bridgehead atoms. The number of nitrogens with zero attached hydrogens (tertiary/aromatic N) is 3. The van der Waals surface area contributed by atoms with Crippen LogP contribution in [0.25, 0.3) is 10.2 Å². The molecule has 1 aliphatic carbocycles. The van der Waals surface area contributed by atoms with E-state index >= 15 is 0 Å². The average molecular weight is 404 g/mol. The quantitative estimate of drug-likeness (QED) is 0.605. The highest BCUT2D eigenvalue weighted by Crippen LogP contribution is 2.27. The van der Waals surface area contributed by atoms with Gasteiger partial charge in [-0.1, -0.05) is 11.6 Å². The molecule has 27 heavy (non-hydrogen) atoms. The molecule has 4 rings (SSSR count). The van der Waals surface area contributed by atoms with Crippen molar-refractivity contribution in [1.29, 1.82) is 0 Å². The van der Waals surface area contributed by atoms with Crippen LogP contribution in [0.1, 0.15) is 41.9 Å². The third kappa shape index (κ3) is 3.87. The van der Waals surface area contributed by atoms with Crippen molar-refractivity contribution in [3.05, 3.63) is 46.2 Å². The Bertz CT molecular complexity index is 989. The van der Waals surface area contributed by atoms with E-state index in [1.807, 2.05) is 24.4 Å². The zero-order valence-electron chi connectivity index (χ0n) is 14.5. The molecule has 3 N–H and O–H groups in total. The van der Waals surface area contributed by atoms with Crippen LogP contribution in [-0.4, -0.2) is 38.1 Å². The van der Waals surface area contributed by atoms with Gasteiger partial charge >= 0.3 is 0 Å². The number of carbonyl (C=O) groups is 1. The summed E-state index contributed by atoms with van der Waals surface area (Å²) in [6.07, 6.45) is 4.13. The van der Waals surface area contributed by atoms with Crippen LogP contribution in [0.2, 0.25) is 5.02 Å². The minimum atomic E-state index is -0.327. The molecule has 1 saturated carbocycles. The highest BCUT2D eigenvalue weighted by molar-refractivity contribution is 7.17. The summed E-state index contributed by atoms with van der Waals surface area (Å²) in [5.74, 6) is 0.119. The van der Waals surface area contributed by atoms with Crippen molar-refractivity contribution in [3.8, 4) is 0 Å². The smallest absolute Gasteiger partial charge is 0.271 e. The van der Waals surface area contributed by atoms with Gasteiger partial charge in [0.25, 0.3) is 5.91 Å². The van der Waals surface area contributed by atoms with Crippen LogP contribution in [0, 0.1) is 0 Å². The Hall–Kier alpha value is -2.29. The predicted molar refractivity (Wildman–Crippen MR) is 105 cm³/mol. The van der Waals surface area contributed by atoms with E-state index in [-0.39, 0.29) is 24.1 Å². The lowest BCUT2D eigenvalue weighted by Gasteiger charge is -2.31. The van der Waals surface area contributed by atoms with Gasteiger partial charge in [-0.05, 0) is 42.8 Å². The fourth-order valence-electron chi connectivity index (χ4n) is 2.98. The number of aliphatic hydroxyl groups is 1. The lowest BCUT2D eigenvalue weighted by atomic mass is 9.89. The Balaban J connectivity index is 1.59. The molecule has 1 unspecified atom stereocenters. The van der Waals surface area contributed by atoms with E-state index in [0.29, 0.717) is 35.0 Å². The number of amides is 1. The van der Waals surface area contributed by atoms with Crippen molar-refractivity contribution in [3.63, 3.8) is 0 Å². The summed E-state index contributed by atoms with van der Waals surface area (Å²) >= 11 is 7.44. The van der Waals surface area contributed by atoms with E-state index in [2.05, 4.69) is 25.6 Å². The van der Waals surface area contributed by atoms with Gasteiger partial charge in [0, 0.05) is 18.4 Å². The van der Waals surface area contributed by atoms with E-state index in [9.17, 15) is 9.90 Å². The molecule has 0 aliphatic heterocycles. The third-order valence-electron chi connectivity index (χ3n) is 4.54. The maximum absolute atomic E-state index is 12.7. The van der Waals surface area contributed by atoms with Crippen molar-refractivity contribution in [1.82, 2.24) is 20.3 Å². The number of hydrogen-bond acceptors (Lipinski definition) is 7. The van der Waals surface area contributed by atoms with Crippen LogP contribution in [0.4, 0.5) is 5.95 Å². The molecule has 1 aliphatic rings. The first-order valence-electron chi connectivity index (χ1n) is 8.61. The van der Waals surface area contributed by atoms with Crippen LogP contribution in [0.15, 0.2) is 29.9 Å². The van der Waals surface area contributed by atoms with Gasteiger partial charge in [-0.15, -0.1) is 11.3 Å². The van der Waals surface area contributed by atoms with Crippen molar-refractivity contribution in [2.24, 2.45) is 0 Å². The number of halogens is 1. The first-order valence-corrected chi connectivity index (χ1v) is 9.86. The van der Waals surface area contributed by atoms with Gasteiger partial charge in [0.2, 0.25) is 5.95 Å². The highest BCUT2D eigenvalue weighted by Gasteiger charge is 2.30. The molecule has 1 amide bonds. The largest absolute Gasteiger partial charge is 0.393 e. The molecular weight excluding hydrogens is 386 g/mol. The number of pyridine rings is 1. The minimum Gasteiger partial charge on any atom is -0.393 e. The summed E-state index contributed by atoms with van der Waals surface area (Å²) in [6, 6.07) is 3.54. The molecule has 140 valence electrons. The molecule has 0 radical (unpaired) electrons. The van der Waals surface area contributed by atoms with Crippen LogP contribution < -0.4 is 10.6 Å². The van der Waals surface area contributed by atoms with Gasteiger partial charge < -0.3 is 15.7 Å². The maximum Gasteiger partial charge on any atom is 0.271 e. The first-order chi connectivity index (χ1) is 13.0. The number of hydrogen-bond donors (Lipinski definition) is 3. The van der Waals surface area contributed by atoms with Gasteiger partial charge in [-0.2, -0.15) is 0 Å². The summed E-state index contributed by atoms with van der Waals surface area (Å²) in [5, 5.41) is 18.0. The lowest BCUT2D eigenvalue weighted by molar-refractivity contribution is 0.0561. The Morgan fingerprint density at radius 2 is 2.19 bits per heavy atom. The number of nitrogens with one attached hydrogen (secondary N) is 2. The first kappa shape index (κ1) is 18.1. The van der Waals surface area contributed by atoms with Crippen molar-refractivity contribution >= 4 is 45.0 Å². The second-order valence-electron chi connectivity index (χ2n) is 6.63.